The molecule has 0 unspecified atom stereocenters. The van der Waals surface area contributed by atoms with E-state index in [0.29, 0.717) is 51.4 Å². The Labute approximate surface area is 207 Å². The van der Waals surface area contributed by atoms with Crippen LogP contribution >= 0.6 is 0 Å². The van der Waals surface area contributed by atoms with Crippen molar-refractivity contribution in [2.75, 3.05) is 31.1 Å². The second-order valence-corrected chi connectivity index (χ2v) is 9.63. The molecule has 186 valence electrons. The average Bonchev–Trinajstić information content (AvgIpc) is 2.86. The molecule has 2 aromatic carbocycles. The minimum Gasteiger partial charge on any atom is -0.379 e. The molecule has 0 aliphatic carbocycles. The van der Waals surface area contributed by atoms with E-state index in [4.69, 9.17) is 9.72 Å². The maximum absolute atomic E-state index is 13.6. The summed E-state index contributed by atoms with van der Waals surface area (Å²) in [5.74, 6) is 0.533. The van der Waals surface area contributed by atoms with E-state index in [-0.39, 0.29) is 23.5 Å². The van der Waals surface area contributed by atoms with Gasteiger partial charge in [-0.15, -0.1) is 0 Å². The number of hydrogen-bond donors (Lipinski definition) is 1. The molecule has 7 heteroatoms. The lowest BCUT2D eigenvalue weighted by molar-refractivity contribution is -0.125. The molecule has 1 aliphatic heterocycles. The topological polar surface area (TPSA) is 76.5 Å². The fraction of sp³-hybridized carbons (Fsp3) is 0.464. The zero-order chi connectivity index (χ0) is 24.8. The number of para-hydroxylation sites is 2. The van der Waals surface area contributed by atoms with Crippen LogP contribution in [0.4, 0.5) is 5.82 Å². The summed E-state index contributed by atoms with van der Waals surface area (Å²) in [6.45, 7) is 9.12. The predicted octanol–water partition coefficient (Wildman–Crippen LogP) is 3.90. The smallest absolute Gasteiger partial charge is 0.294 e. The zero-order valence-electron chi connectivity index (χ0n) is 21.0. The molecule has 1 amide bonds. The van der Waals surface area contributed by atoms with Gasteiger partial charge in [0.15, 0.2) is 5.82 Å². The maximum Gasteiger partial charge on any atom is 0.294 e. The molecular formula is C28H36N4O3. The van der Waals surface area contributed by atoms with Gasteiger partial charge in [0.25, 0.3) is 5.56 Å². The Morgan fingerprint density at radius 1 is 1.11 bits per heavy atom. The number of piperidine rings is 1. The highest BCUT2D eigenvalue weighted by Gasteiger charge is 2.27. The Morgan fingerprint density at radius 2 is 1.83 bits per heavy atom. The van der Waals surface area contributed by atoms with E-state index in [2.05, 4.69) is 36.5 Å². The maximum atomic E-state index is 13.6. The fourth-order valence-corrected chi connectivity index (χ4v) is 4.52. The van der Waals surface area contributed by atoms with Gasteiger partial charge in [-0.3, -0.25) is 14.2 Å². The lowest BCUT2D eigenvalue weighted by Gasteiger charge is -2.32. The Hall–Kier alpha value is -3.19. The summed E-state index contributed by atoms with van der Waals surface area (Å²) in [4.78, 5) is 33.0. The molecule has 2 heterocycles. The van der Waals surface area contributed by atoms with Crippen molar-refractivity contribution < 1.29 is 9.53 Å². The van der Waals surface area contributed by atoms with Crippen LogP contribution in [0.25, 0.3) is 11.0 Å². The molecular weight excluding hydrogens is 440 g/mol. The first-order chi connectivity index (χ1) is 16.9. The fourth-order valence-electron chi connectivity index (χ4n) is 4.52. The molecule has 0 bridgehead atoms. The number of fused-ring (bicyclic) bond motifs is 1. The van der Waals surface area contributed by atoms with Gasteiger partial charge in [-0.1, -0.05) is 42.0 Å². The number of carbonyl (C=O) groups is 1. The number of hydrogen-bond acceptors (Lipinski definition) is 5. The first-order valence-corrected chi connectivity index (χ1v) is 12.6. The number of benzene rings is 2. The van der Waals surface area contributed by atoms with Crippen molar-refractivity contribution in [3.05, 3.63) is 70.0 Å². The largest absolute Gasteiger partial charge is 0.379 e. The second kappa shape index (κ2) is 11.5. The molecule has 1 N–H and O–H groups in total. The third kappa shape index (κ3) is 6.28. The first-order valence-electron chi connectivity index (χ1n) is 12.6. The van der Waals surface area contributed by atoms with Crippen molar-refractivity contribution in [3.8, 4) is 0 Å². The molecule has 1 saturated heterocycles. The van der Waals surface area contributed by atoms with E-state index < -0.39 is 0 Å². The van der Waals surface area contributed by atoms with Crippen LogP contribution in [0.3, 0.4) is 0 Å². The van der Waals surface area contributed by atoms with E-state index in [1.54, 1.807) is 0 Å². The van der Waals surface area contributed by atoms with E-state index in [0.717, 1.165) is 23.0 Å². The number of rotatable bonds is 9. The van der Waals surface area contributed by atoms with Crippen molar-refractivity contribution in [3.63, 3.8) is 0 Å². The normalized spacial score (nSPS) is 14.6. The number of ether oxygens (including phenoxy) is 1. The third-order valence-corrected chi connectivity index (χ3v) is 6.53. The monoisotopic (exact) mass is 476 g/mol. The first kappa shape index (κ1) is 24.9. The number of amides is 1. The van der Waals surface area contributed by atoms with E-state index >= 15 is 0 Å². The summed E-state index contributed by atoms with van der Waals surface area (Å²) in [5.41, 5.74) is 3.82. The Kier molecular flexibility index (Phi) is 8.18. The SMILES string of the molecule is Cc1ccc(Cn2c(=O)c(N3CCC(C(=O)NCCCOC(C)C)CC3)nc3ccccc32)cc1. The molecule has 1 fully saturated rings. The number of aryl methyl sites for hydroxylation is 1. The standard InChI is InChI=1S/C28H36N4O3/c1-20(2)35-18-6-15-29-27(33)23-13-16-31(17-14-23)26-28(34)32(19-22-11-9-21(3)10-12-22)25-8-5-4-7-24(25)30-26/h4-5,7-12,20,23H,6,13-19H2,1-3H3,(H,29,33). The molecule has 0 spiro atoms. The minimum absolute atomic E-state index is 0.0347. The van der Waals surface area contributed by atoms with Gasteiger partial charge < -0.3 is 15.0 Å². The van der Waals surface area contributed by atoms with Crippen molar-refractivity contribution in [1.82, 2.24) is 14.9 Å². The van der Waals surface area contributed by atoms with Gasteiger partial charge in [0, 0.05) is 32.2 Å². The van der Waals surface area contributed by atoms with Gasteiger partial charge in [0.2, 0.25) is 5.91 Å². The quantitative estimate of drug-likeness (QED) is 0.474. The van der Waals surface area contributed by atoms with Crippen molar-refractivity contribution in [2.24, 2.45) is 5.92 Å². The van der Waals surface area contributed by atoms with Gasteiger partial charge in [0.05, 0.1) is 23.7 Å². The minimum atomic E-state index is -0.0858. The predicted molar refractivity (Wildman–Crippen MR) is 140 cm³/mol. The van der Waals surface area contributed by atoms with E-state index in [1.807, 2.05) is 47.6 Å². The van der Waals surface area contributed by atoms with Crippen LogP contribution < -0.4 is 15.8 Å². The summed E-state index contributed by atoms with van der Waals surface area (Å²) < 4.78 is 7.35. The average molecular weight is 477 g/mol. The number of aromatic nitrogens is 2. The van der Waals surface area contributed by atoms with Crippen LogP contribution in [-0.2, 0) is 16.1 Å². The summed E-state index contributed by atoms with van der Waals surface area (Å²) in [7, 11) is 0. The highest BCUT2D eigenvalue weighted by atomic mass is 16.5. The van der Waals surface area contributed by atoms with Crippen LogP contribution in [0.5, 0.6) is 0 Å². The molecule has 7 nitrogen and oxygen atoms in total. The van der Waals surface area contributed by atoms with Crippen molar-refractivity contribution in [1.29, 1.82) is 0 Å². The van der Waals surface area contributed by atoms with Gasteiger partial charge in [0.1, 0.15) is 0 Å². The summed E-state index contributed by atoms with van der Waals surface area (Å²) >= 11 is 0. The Morgan fingerprint density at radius 3 is 2.54 bits per heavy atom. The molecule has 0 saturated carbocycles. The lowest BCUT2D eigenvalue weighted by Crippen LogP contribution is -2.43. The molecule has 0 atom stereocenters. The summed E-state index contributed by atoms with van der Waals surface area (Å²) in [5, 5.41) is 3.04. The van der Waals surface area contributed by atoms with E-state index in [1.165, 1.54) is 5.56 Å². The van der Waals surface area contributed by atoms with Crippen LogP contribution in [0, 0.1) is 12.8 Å². The second-order valence-electron chi connectivity index (χ2n) is 9.63. The van der Waals surface area contributed by atoms with Gasteiger partial charge in [-0.2, -0.15) is 0 Å². The van der Waals surface area contributed by atoms with E-state index in [9.17, 15) is 9.59 Å². The zero-order valence-corrected chi connectivity index (χ0v) is 21.0. The highest BCUT2D eigenvalue weighted by molar-refractivity contribution is 5.79. The number of nitrogens with one attached hydrogen (secondary N) is 1. The van der Waals surface area contributed by atoms with Gasteiger partial charge in [-0.25, -0.2) is 4.98 Å². The lowest BCUT2D eigenvalue weighted by atomic mass is 9.96. The molecule has 3 aromatic rings. The summed E-state index contributed by atoms with van der Waals surface area (Å²) in [6.07, 6.45) is 2.44. The van der Waals surface area contributed by atoms with Crippen LogP contribution in [-0.4, -0.2) is 47.8 Å². The van der Waals surface area contributed by atoms with Crippen LogP contribution in [0.2, 0.25) is 0 Å². The number of nitrogens with zero attached hydrogens (tertiary/aromatic N) is 3. The van der Waals surface area contributed by atoms with Crippen LogP contribution in [0.15, 0.2) is 53.3 Å². The molecule has 35 heavy (non-hydrogen) atoms. The molecule has 1 aromatic heterocycles. The number of anilines is 1. The molecule has 0 radical (unpaired) electrons. The van der Waals surface area contributed by atoms with Gasteiger partial charge in [-0.05, 0) is 57.7 Å². The van der Waals surface area contributed by atoms with Crippen LogP contribution in [0.1, 0.15) is 44.2 Å². The molecule has 4 rings (SSSR count). The third-order valence-electron chi connectivity index (χ3n) is 6.53. The summed E-state index contributed by atoms with van der Waals surface area (Å²) in [6, 6.07) is 16.1. The van der Waals surface area contributed by atoms with Crippen molar-refractivity contribution >= 4 is 22.8 Å². The van der Waals surface area contributed by atoms with Gasteiger partial charge >= 0.3 is 0 Å². The Balaban J connectivity index is 1.45. The number of carbonyl (C=O) groups excluding carboxylic acids is 1. The Bertz CT molecular complexity index is 1200. The van der Waals surface area contributed by atoms with Crippen molar-refractivity contribution in [2.45, 2.75) is 52.7 Å². The highest BCUT2D eigenvalue weighted by Crippen LogP contribution is 2.22. The molecule has 1 aliphatic rings.